The SMILES string of the molecule is NC(=S)Nc1ccc(N2CCCCC2)cc1. The second-order valence-corrected chi connectivity index (χ2v) is 4.52. The summed E-state index contributed by atoms with van der Waals surface area (Å²) in [4.78, 5) is 2.42. The monoisotopic (exact) mass is 235 g/mol. The predicted octanol–water partition coefficient (Wildman–Crippen LogP) is 2.33. The molecule has 0 amide bonds. The fraction of sp³-hybridized carbons (Fsp3) is 0.417. The van der Waals surface area contributed by atoms with Gasteiger partial charge in [0, 0.05) is 24.5 Å². The molecule has 0 bridgehead atoms. The third kappa shape index (κ3) is 2.85. The van der Waals surface area contributed by atoms with E-state index >= 15 is 0 Å². The van der Waals surface area contributed by atoms with Crippen molar-refractivity contribution in [1.29, 1.82) is 0 Å². The van der Waals surface area contributed by atoms with Crippen LogP contribution in [0.25, 0.3) is 0 Å². The van der Waals surface area contributed by atoms with Crippen LogP contribution < -0.4 is 16.0 Å². The minimum absolute atomic E-state index is 0.311. The molecule has 3 nitrogen and oxygen atoms in total. The summed E-state index contributed by atoms with van der Waals surface area (Å²) in [5.74, 6) is 0. The molecular weight excluding hydrogens is 218 g/mol. The average molecular weight is 235 g/mol. The van der Waals surface area contributed by atoms with Gasteiger partial charge < -0.3 is 16.0 Å². The van der Waals surface area contributed by atoms with Gasteiger partial charge in [0.05, 0.1) is 0 Å². The Morgan fingerprint density at radius 2 is 1.75 bits per heavy atom. The minimum Gasteiger partial charge on any atom is -0.376 e. The highest BCUT2D eigenvalue weighted by Gasteiger charge is 2.10. The molecule has 1 aliphatic heterocycles. The Morgan fingerprint density at radius 1 is 1.12 bits per heavy atom. The van der Waals surface area contributed by atoms with Crippen LogP contribution in [-0.4, -0.2) is 18.2 Å². The van der Waals surface area contributed by atoms with Gasteiger partial charge in [0.1, 0.15) is 0 Å². The van der Waals surface area contributed by atoms with Crippen molar-refractivity contribution in [3.63, 3.8) is 0 Å². The molecule has 1 saturated heterocycles. The molecule has 4 heteroatoms. The van der Waals surface area contributed by atoms with E-state index in [0.29, 0.717) is 5.11 Å². The summed E-state index contributed by atoms with van der Waals surface area (Å²) in [5.41, 5.74) is 7.65. The summed E-state index contributed by atoms with van der Waals surface area (Å²) in [6.07, 6.45) is 3.96. The predicted molar refractivity (Wildman–Crippen MR) is 72.9 cm³/mol. The quantitative estimate of drug-likeness (QED) is 0.772. The molecule has 1 aromatic rings. The smallest absolute Gasteiger partial charge is 0.168 e. The Kier molecular flexibility index (Phi) is 3.62. The van der Waals surface area contributed by atoms with E-state index in [1.54, 1.807) is 0 Å². The van der Waals surface area contributed by atoms with Gasteiger partial charge in [-0.25, -0.2) is 0 Å². The number of nitrogens with zero attached hydrogens (tertiary/aromatic N) is 1. The maximum Gasteiger partial charge on any atom is 0.168 e. The molecular formula is C12H17N3S. The zero-order valence-corrected chi connectivity index (χ0v) is 10.1. The summed E-state index contributed by atoms with van der Waals surface area (Å²) in [5, 5.41) is 3.24. The number of nitrogens with two attached hydrogens (primary N) is 1. The van der Waals surface area contributed by atoms with Crippen molar-refractivity contribution >= 4 is 28.7 Å². The van der Waals surface area contributed by atoms with Crippen LogP contribution in [0.1, 0.15) is 19.3 Å². The fourth-order valence-corrected chi connectivity index (χ4v) is 2.17. The molecule has 0 aliphatic carbocycles. The number of hydrogen-bond acceptors (Lipinski definition) is 2. The molecule has 3 N–H and O–H groups in total. The van der Waals surface area contributed by atoms with Gasteiger partial charge in [0.25, 0.3) is 0 Å². The number of thiocarbonyl (C=S) groups is 1. The molecule has 1 heterocycles. The van der Waals surface area contributed by atoms with Crippen LogP contribution in [0.4, 0.5) is 11.4 Å². The highest BCUT2D eigenvalue weighted by atomic mass is 32.1. The zero-order valence-electron chi connectivity index (χ0n) is 9.28. The molecule has 86 valence electrons. The average Bonchev–Trinajstić information content (AvgIpc) is 2.30. The molecule has 2 rings (SSSR count). The van der Waals surface area contributed by atoms with Gasteiger partial charge in [-0.3, -0.25) is 0 Å². The van der Waals surface area contributed by atoms with Crippen molar-refractivity contribution in [3.05, 3.63) is 24.3 Å². The van der Waals surface area contributed by atoms with E-state index in [4.69, 9.17) is 18.0 Å². The van der Waals surface area contributed by atoms with Crippen molar-refractivity contribution in [3.8, 4) is 0 Å². The van der Waals surface area contributed by atoms with Gasteiger partial charge in [-0.1, -0.05) is 0 Å². The Morgan fingerprint density at radius 3 is 2.31 bits per heavy atom. The summed E-state index contributed by atoms with van der Waals surface area (Å²) in [7, 11) is 0. The highest BCUT2D eigenvalue weighted by Crippen LogP contribution is 2.21. The van der Waals surface area contributed by atoms with E-state index in [2.05, 4.69) is 22.3 Å². The van der Waals surface area contributed by atoms with Crippen molar-refractivity contribution in [1.82, 2.24) is 0 Å². The molecule has 0 aromatic heterocycles. The number of benzene rings is 1. The van der Waals surface area contributed by atoms with Gasteiger partial charge in [-0.15, -0.1) is 0 Å². The second kappa shape index (κ2) is 5.16. The molecule has 1 aromatic carbocycles. The lowest BCUT2D eigenvalue weighted by Gasteiger charge is -2.28. The van der Waals surface area contributed by atoms with E-state index in [9.17, 15) is 0 Å². The molecule has 0 atom stereocenters. The molecule has 1 fully saturated rings. The lowest BCUT2D eigenvalue weighted by atomic mass is 10.1. The van der Waals surface area contributed by atoms with Crippen LogP contribution >= 0.6 is 12.2 Å². The van der Waals surface area contributed by atoms with Gasteiger partial charge in [-0.05, 0) is 55.7 Å². The van der Waals surface area contributed by atoms with Crippen molar-refractivity contribution in [2.24, 2.45) is 5.73 Å². The standard InChI is InChI=1S/C12H17N3S/c13-12(16)14-10-4-6-11(7-5-10)15-8-2-1-3-9-15/h4-7H,1-3,8-9H2,(H3,13,14,16). The van der Waals surface area contributed by atoms with Crippen molar-refractivity contribution in [2.75, 3.05) is 23.3 Å². The fourth-order valence-electron chi connectivity index (χ4n) is 2.05. The lowest BCUT2D eigenvalue weighted by molar-refractivity contribution is 0.578. The Hall–Kier alpha value is -1.29. The third-order valence-corrected chi connectivity index (χ3v) is 2.96. The summed E-state index contributed by atoms with van der Waals surface area (Å²) < 4.78 is 0. The maximum absolute atomic E-state index is 5.42. The first-order valence-corrected chi connectivity index (χ1v) is 6.08. The Bertz CT molecular complexity index is 355. The minimum atomic E-state index is 0.311. The molecule has 1 aliphatic rings. The first-order chi connectivity index (χ1) is 7.75. The van der Waals surface area contributed by atoms with Crippen LogP contribution in [0.2, 0.25) is 0 Å². The van der Waals surface area contributed by atoms with Crippen LogP contribution in [0.5, 0.6) is 0 Å². The normalized spacial score (nSPS) is 15.9. The van der Waals surface area contributed by atoms with Crippen LogP contribution in [0.3, 0.4) is 0 Å². The summed E-state index contributed by atoms with van der Waals surface area (Å²) in [6, 6.07) is 8.27. The van der Waals surface area contributed by atoms with E-state index in [1.165, 1.54) is 38.0 Å². The van der Waals surface area contributed by atoms with Crippen molar-refractivity contribution in [2.45, 2.75) is 19.3 Å². The van der Waals surface area contributed by atoms with E-state index in [0.717, 1.165) is 5.69 Å². The molecule has 0 radical (unpaired) electrons. The number of hydrogen-bond donors (Lipinski definition) is 2. The molecule has 0 saturated carbocycles. The number of nitrogens with one attached hydrogen (secondary N) is 1. The van der Waals surface area contributed by atoms with Crippen molar-refractivity contribution < 1.29 is 0 Å². The number of rotatable bonds is 2. The van der Waals surface area contributed by atoms with E-state index in [1.807, 2.05) is 12.1 Å². The molecule has 16 heavy (non-hydrogen) atoms. The molecule has 0 unspecified atom stereocenters. The number of anilines is 2. The topological polar surface area (TPSA) is 41.3 Å². The second-order valence-electron chi connectivity index (χ2n) is 4.08. The number of piperidine rings is 1. The largest absolute Gasteiger partial charge is 0.376 e. The van der Waals surface area contributed by atoms with Gasteiger partial charge >= 0.3 is 0 Å². The zero-order chi connectivity index (χ0) is 11.4. The first-order valence-electron chi connectivity index (χ1n) is 5.67. The highest BCUT2D eigenvalue weighted by molar-refractivity contribution is 7.80. The van der Waals surface area contributed by atoms with Crippen LogP contribution in [-0.2, 0) is 0 Å². The van der Waals surface area contributed by atoms with Gasteiger partial charge in [0.2, 0.25) is 0 Å². The Labute approximate surface area is 102 Å². The summed E-state index contributed by atoms with van der Waals surface area (Å²) >= 11 is 4.79. The van der Waals surface area contributed by atoms with Crippen LogP contribution in [0, 0.1) is 0 Å². The van der Waals surface area contributed by atoms with Gasteiger partial charge in [0.15, 0.2) is 5.11 Å². The lowest BCUT2D eigenvalue weighted by Crippen LogP contribution is -2.29. The van der Waals surface area contributed by atoms with Crippen LogP contribution in [0.15, 0.2) is 24.3 Å². The third-order valence-electron chi connectivity index (χ3n) is 2.86. The Balaban J connectivity index is 2.03. The van der Waals surface area contributed by atoms with E-state index in [-0.39, 0.29) is 0 Å². The maximum atomic E-state index is 5.42. The molecule has 0 spiro atoms. The first kappa shape index (κ1) is 11.2. The summed E-state index contributed by atoms with van der Waals surface area (Å²) in [6.45, 7) is 2.34. The van der Waals surface area contributed by atoms with E-state index < -0.39 is 0 Å². The van der Waals surface area contributed by atoms with Gasteiger partial charge in [-0.2, -0.15) is 0 Å².